The van der Waals surface area contributed by atoms with Crippen molar-refractivity contribution in [1.82, 2.24) is 15.1 Å². The first-order chi connectivity index (χ1) is 12.6. The van der Waals surface area contributed by atoms with E-state index in [0.717, 1.165) is 19.3 Å². The van der Waals surface area contributed by atoms with Gasteiger partial charge in [0.25, 0.3) is 5.91 Å². The summed E-state index contributed by atoms with van der Waals surface area (Å²) in [5.74, 6) is 0.785. The van der Waals surface area contributed by atoms with Crippen LogP contribution in [0.5, 0.6) is 0 Å². The summed E-state index contributed by atoms with van der Waals surface area (Å²) in [5, 5.41) is 17.5. The van der Waals surface area contributed by atoms with Crippen molar-refractivity contribution in [1.29, 1.82) is 0 Å². The summed E-state index contributed by atoms with van der Waals surface area (Å²) in [6.07, 6.45) is 3.71. The molecule has 1 aromatic heterocycles. The second-order valence-electron chi connectivity index (χ2n) is 7.25. The van der Waals surface area contributed by atoms with Gasteiger partial charge in [-0.1, -0.05) is 19.4 Å². The number of nitrogens with zero attached hydrogens (tertiary/aromatic N) is 3. The first kappa shape index (κ1) is 17.1. The summed E-state index contributed by atoms with van der Waals surface area (Å²) in [5.41, 5.74) is 0.212. The number of hydrogen-bond donors (Lipinski definition) is 1. The highest BCUT2D eigenvalue weighted by Gasteiger charge is 2.55. The first-order valence-electron chi connectivity index (χ1n) is 9.09. The topological polar surface area (TPSA) is 79.5 Å². The van der Waals surface area contributed by atoms with Gasteiger partial charge in [-0.15, -0.1) is 10.2 Å². The van der Waals surface area contributed by atoms with E-state index >= 15 is 0 Å². The molecule has 1 amide bonds. The molecule has 2 atom stereocenters. The SMILES string of the molecule is CCc1nnc([C@]23CCC[C@H]2CN(C(=O)c2ccc(CO)c(F)c2)C3)o1. The Kier molecular flexibility index (Phi) is 4.26. The van der Waals surface area contributed by atoms with E-state index in [1.54, 1.807) is 11.0 Å². The molecule has 2 aliphatic rings. The van der Waals surface area contributed by atoms with E-state index in [2.05, 4.69) is 10.2 Å². The molecule has 6 nitrogen and oxygen atoms in total. The lowest BCUT2D eigenvalue weighted by molar-refractivity contribution is 0.0775. The van der Waals surface area contributed by atoms with Gasteiger partial charge in [-0.25, -0.2) is 4.39 Å². The molecule has 0 bridgehead atoms. The quantitative estimate of drug-likeness (QED) is 0.907. The molecule has 2 fully saturated rings. The number of halogens is 1. The van der Waals surface area contributed by atoms with Crippen molar-refractivity contribution < 1.29 is 18.7 Å². The molecule has 1 aliphatic carbocycles. The Bertz CT molecular complexity index is 837. The largest absolute Gasteiger partial charge is 0.425 e. The summed E-state index contributed by atoms with van der Waals surface area (Å²) in [7, 11) is 0. The summed E-state index contributed by atoms with van der Waals surface area (Å²) in [6.45, 7) is 2.72. The molecule has 1 aromatic carbocycles. The van der Waals surface area contributed by atoms with Gasteiger partial charge in [0.15, 0.2) is 0 Å². The van der Waals surface area contributed by atoms with Crippen molar-refractivity contribution in [2.24, 2.45) is 5.92 Å². The number of aryl methyl sites for hydroxylation is 1. The fraction of sp³-hybridized carbons (Fsp3) is 0.526. The molecular formula is C19H22FN3O3. The summed E-state index contributed by atoms with van der Waals surface area (Å²) < 4.78 is 19.8. The van der Waals surface area contributed by atoms with Crippen LogP contribution in [0.25, 0.3) is 0 Å². The second-order valence-corrected chi connectivity index (χ2v) is 7.25. The zero-order valence-corrected chi connectivity index (χ0v) is 14.7. The first-order valence-corrected chi connectivity index (χ1v) is 9.09. The van der Waals surface area contributed by atoms with Crippen LogP contribution in [0.4, 0.5) is 4.39 Å². The van der Waals surface area contributed by atoms with Crippen molar-refractivity contribution in [2.45, 2.75) is 44.6 Å². The van der Waals surface area contributed by atoms with Crippen LogP contribution in [-0.2, 0) is 18.4 Å². The normalized spacial score (nSPS) is 24.9. The average Bonchev–Trinajstić information content (AvgIpc) is 3.34. The smallest absolute Gasteiger partial charge is 0.253 e. The van der Waals surface area contributed by atoms with Gasteiger partial charge < -0.3 is 14.4 Å². The fourth-order valence-electron chi connectivity index (χ4n) is 4.38. The van der Waals surface area contributed by atoms with E-state index in [4.69, 9.17) is 9.52 Å². The minimum Gasteiger partial charge on any atom is -0.425 e. The van der Waals surface area contributed by atoms with Crippen LogP contribution in [0.15, 0.2) is 22.6 Å². The lowest BCUT2D eigenvalue weighted by atomic mass is 9.80. The van der Waals surface area contributed by atoms with Crippen LogP contribution >= 0.6 is 0 Å². The zero-order chi connectivity index (χ0) is 18.3. The van der Waals surface area contributed by atoms with Crippen molar-refractivity contribution in [2.75, 3.05) is 13.1 Å². The van der Waals surface area contributed by atoms with E-state index < -0.39 is 5.82 Å². The monoisotopic (exact) mass is 359 g/mol. The maximum absolute atomic E-state index is 13.9. The van der Waals surface area contributed by atoms with Gasteiger partial charge in [-0.2, -0.15) is 0 Å². The van der Waals surface area contributed by atoms with Crippen LogP contribution in [0.1, 0.15) is 53.9 Å². The summed E-state index contributed by atoms with van der Waals surface area (Å²) in [6, 6.07) is 4.23. The van der Waals surface area contributed by atoms with Gasteiger partial charge in [-0.3, -0.25) is 4.79 Å². The number of aromatic nitrogens is 2. The lowest BCUT2D eigenvalue weighted by Gasteiger charge is -2.24. The Morgan fingerprint density at radius 3 is 3.00 bits per heavy atom. The van der Waals surface area contributed by atoms with Crippen LogP contribution in [0, 0.1) is 11.7 Å². The summed E-state index contributed by atoms with van der Waals surface area (Å²) in [4.78, 5) is 14.7. The van der Waals surface area contributed by atoms with Gasteiger partial charge in [0.2, 0.25) is 11.8 Å². The number of aliphatic hydroxyl groups excluding tert-OH is 1. The number of fused-ring (bicyclic) bond motifs is 1. The minimum absolute atomic E-state index is 0.189. The number of hydrogen-bond acceptors (Lipinski definition) is 5. The molecule has 7 heteroatoms. The van der Waals surface area contributed by atoms with Crippen LogP contribution in [-0.4, -0.2) is 39.2 Å². The Labute approximate surface area is 151 Å². The average molecular weight is 359 g/mol. The van der Waals surface area contributed by atoms with E-state index in [9.17, 15) is 9.18 Å². The Morgan fingerprint density at radius 2 is 2.31 bits per heavy atom. The predicted octanol–water partition coefficient (Wildman–Crippen LogP) is 2.46. The standard InChI is InChI=1S/C19H22FN3O3/c1-2-16-21-22-18(26-16)19-7-3-4-14(19)9-23(11-19)17(25)12-5-6-13(10-24)15(20)8-12/h5-6,8,14,24H,2-4,7,9-11H2,1H3/t14-,19-/m0/s1. The molecule has 0 spiro atoms. The highest BCUT2D eigenvalue weighted by Crippen LogP contribution is 2.50. The van der Waals surface area contributed by atoms with E-state index in [1.165, 1.54) is 12.1 Å². The fourth-order valence-corrected chi connectivity index (χ4v) is 4.38. The molecule has 1 aliphatic heterocycles. The summed E-state index contributed by atoms with van der Waals surface area (Å²) >= 11 is 0. The number of amides is 1. The zero-order valence-electron chi connectivity index (χ0n) is 14.7. The second kappa shape index (κ2) is 6.46. The number of carbonyl (C=O) groups excluding carboxylic acids is 1. The molecule has 1 saturated carbocycles. The van der Waals surface area contributed by atoms with Crippen LogP contribution in [0.3, 0.4) is 0 Å². The van der Waals surface area contributed by atoms with E-state index in [1.807, 2.05) is 6.92 Å². The van der Waals surface area contributed by atoms with Gasteiger partial charge >= 0.3 is 0 Å². The number of benzene rings is 1. The molecule has 1 saturated heterocycles. The maximum Gasteiger partial charge on any atom is 0.253 e. The molecule has 138 valence electrons. The van der Waals surface area contributed by atoms with Crippen molar-refractivity contribution in [3.63, 3.8) is 0 Å². The molecule has 2 aromatic rings. The predicted molar refractivity (Wildman–Crippen MR) is 90.9 cm³/mol. The molecule has 2 heterocycles. The molecule has 26 heavy (non-hydrogen) atoms. The number of aliphatic hydroxyl groups is 1. The lowest BCUT2D eigenvalue weighted by Crippen LogP contribution is -2.35. The molecule has 1 N–H and O–H groups in total. The van der Waals surface area contributed by atoms with Gasteiger partial charge in [0, 0.05) is 30.6 Å². The van der Waals surface area contributed by atoms with Gasteiger partial charge in [0.1, 0.15) is 5.82 Å². The molecule has 0 unspecified atom stereocenters. The van der Waals surface area contributed by atoms with Crippen LogP contribution in [0.2, 0.25) is 0 Å². The molecule has 4 rings (SSSR count). The van der Waals surface area contributed by atoms with Gasteiger partial charge in [0.05, 0.1) is 12.0 Å². The highest BCUT2D eigenvalue weighted by molar-refractivity contribution is 5.94. The Morgan fingerprint density at radius 1 is 1.46 bits per heavy atom. The highest BCUT2D eigenvalue weighted by atomic mass is 19.1. The molecule has 0 radical (unpaired) electrons. The van der Waals surface area contributed by atoms with Crippen molar-refractivity contribution in [3.05, 3.63) is 46.9 Å². The third-order valence-electron chi connectivity index (χ3n) is 5.82. The Balaban J connectivity index is 1.60. The van der Waals surface area contributed by atoms with Crippen LogP contribution < -0.4 is 0 Å². The maximum atomic E-state index is 13.9. The van der Waals surface area contributed by atoms with Crippen molar-refractivity contribution in [3.8, 4) is 0 Å². The Hall–Kier alpha value is -2.28. The van der Waals surface area contributed by atoms with E-state index in [-0.39, 0.29) is 29.4 Å². The number of rotatable bonds is 4. The van der Waals surface area contributed by atoms with Gasteiger partial charge in [-0.05, 0) is 30.9 Å². The number of carbonyl (C=O) groups is 1. The minimum atomic E-state index is -0.558. The number of likely N-dealkylation sites (tertiary alicyclic amines) is 1. The third-order valence-corrected chi connectivity index (χ3v) is 5.82. The van der Waals surface area contributed by atoms with Crippen molar-refractivity contribution >= 4 is 5.91 Å². The molecular weight excluding hydrogens is 337 g/mol. The third kappa shape index (κ3) is 2.61. The van der Waals surface area contributed by atoms with E-state index in [0.29, 0.717) is 36.9 Å².